The van der Waals surface area contributed by atoms with E-state index in [-0.39, 0.29) is 0 Å². The third-order valence-electron chi connectivity index (χ3n) is 2.52. The number of hydrogen-bond acceptors (Lipinski definition) is 3. The third kappa shape index (κ3) is 6.78. The van der Waals surface area contributed by atoms with Crippen molar-refractivity contribution in [1.82, 2.24) is 10.6 Å². The lowest BCUT2D eigenvalue weighted by molar-refractivity contribution is -0.138. The summed E-state index contributed by atoms with van der Waals surface area (Å²) in [5, 5.41) is 13.5. The minimum Gasteiger partial charge on any atom is -0.480 e. The van der Waals surface area contributed by atoms with E-state index in [1.807, 2.05) is 0 Å². The first-order valence-electron chi connectivity index (χ1n) is 5.94. The summed E-state index contributed by atoms with van der Waals surface area (Å²) in [6.45, 7) is 3.36. The Labute approximate surface area is 101 Å². The van der Waals surface area contributed by atoms with Gasteiger partial charge in [0, 0.05) is 19.8 Å². The molecule has 1 rings (SSSR count). The van der Waals surface area contributed by atoms with Crippen molar-refractivity contribution in [3.8, 4) is 0 Å². The predicted octanol–water partition coefficient (Wildman–Crippen LogP) is 0.575. The van der Waals surface area contributed by atoms with E-state index in [1.54, 1.807) is 0 Å². The molecule has 1 aliphatic carbocycles. The standard InChI is InChI=1S/C11H20N2O4/c1-8(10(14)15)13-11(16)12-5-2-6-17-7-9-3-4-9/h8-9H,2-7H2,1H3,(H,14,15)(H2,12,13,16). The summed E-state index contributed by atoms with van der Waals surface area (Å²) in [4.78, 5) is 21.6. The van der Waals surface area contributed by atoms with Crippen LogP contribution >= 0.6 is 0 Å². The topological polar surface area (TPSA) is 87.7 Å². The number of aliphatic carboxylic acids is 1. The molecule has 1 aliphatic rings. The molecule has 2 amide bonds. The van der Waals surface area contributed by atoms with Crippen molar-refractivity contribution in [2.75, 3.05) is 19.8 Å². The van der Waals surface area contributed by atoms with E-state index in [2.05, 4.69) is 10.6 Å². The van der Waals surface area contributed by atoms with Crippen molar-refractivity contribution in [3.63, 3.8) is 0 Å². The number of carboxylic acid groups (broad SMARTS) is 1. The second kappa shape index (κ2) is 7.11. The number of ether oxygens (including phenoxy) is 1. The highest BCUT2D eigenvalue weighted by Crippen LogP contribution is 2.28. The van der Waals surface area contributed by atoms with E-state index in [1.165, 1.54) is 19.8 Å². The van der Waals surface area contributed by atoms with Crippen LogP contribution in [0.4, 0.5) is 4.79 Å². The van der Waals surface area contributed by atoms with Gasteiger partial charge in [-0.1, -0.05) is 0 Å². The van der Waals surface area contributed by atoms with Gasteiger partial charge in [0.1, 0.15) is 6.04 Å². The maximum Gasteiger partial charge on any atom is 0.325 e. The first kappa shape index (κ1) is 13.8. The first-order valence-corrected chi connectivity index (χ1v) is 5.94. The van der Waals surface area contributed by atoms with E-state index in [0.29, 0.717) is 13.2 Å². The first-order chi connectivity index (χ1) is 8.09. The molecular weight excluding hydrogens is 224 g/mol. The fourth-order valence-corrected chi connectivity index (χ4v) is 1.22. The summed E-state index contributed by atoms with van der Waals surface area (Å²) in [7, 11) is 0. The molecule has 6 nitrogen and oxygen atoms in total. The van der Waals surface area contributed by atoms with Gasteiger partial charge in [0.2, 0.25) is 0 Å². The Morgan fingerprint density at radius 1 is 1.47 bits per heavy atom. The molecule has 98 valence electrons. The van der Waals surface area contributed by atoms with Crippen LogP contribution in [0.1, 0.15) is 26.2 Å². The molecule has 3 N–H and O–H groups in total. The second-order valence-electron chi connectivity index (χ2n) is 4.33. The highest BCUT2D eigenvalue weighted by atomic mass is 16.5. The van der Waals surface area contributed by atoms with Crippen molar-refractivity contribution < 1.29 is 19.4 Å². The van der Waals surface area contributed by atoms with Crippen molar-refractivity contribution >= 4 is 12.0 Å². The summed E-state index contributed by atoms with van der Waals surface area (Å²) in [6.07, 6.45) is 3.28. The Morgan fingerprint density at radius 2 is 2.18 bits per heavy atom. The lowest BCUT2D eigenvalue weighted by Crippen LogP contribution is -2.44. The molecule has 0 aromatic rings. The van der Waals surface area contributed by atoms with Gasteiger partial charge in [-0.05, 0) is 32.1 Å². The van der Waals surface area contributed by atoms with Crippen LogP contribution in [0.5, 0.6) is 0 Å². The number of carbonyl (C=O) groups is 2. The van der Waals surface area contributed by atoms with Crippen LogP contribution in [0, 0.1) is 5.92 Å². The fraction of sp³-hybridized carbons (Fsp3) is 0.818. The van der Waals surface area contributed by atoms with Crippen molar-refractivity contribution in [2.45, 2.75) is 32.2 Å². The predicted molar refractivity (Wildman–Crippen MR) is 61.8 cm³/mol. The van der Waals surface area contributed by atoms with Gasteiger partial charge in [-0.3, -0.25) is 4.79 Å². The zero-order valence-electron chi connectivity index (χ0n) is 10.1. The molecule has 1 atom stereocenters. The fourth-order valence-electron chi connectivity index (χ4n) is 1.22. The van der Waals surface area contributed by atoms with Crippen LogP contribution in [0.15, 0.2) is 0 Å². The number of carboxylic acids is 1. The molecule has 0 aliphatic heterocycles. The molecule has 0 aromatic carbocycles. The SMILES string of the molecule is CC(NC(=O)NCCCOCC1CC1)C(=O)O. The van der Waals surface area contributed by atoms with Gasteiger partial charge in [0.15, 0.2) is 0 Å². The molecule has 0 radical (unpaired) electrons. The number of carbonyl (C=O) groups excluding carboxylic acids is 1. The molecule has 1 unspecified atom stereocenters. The zero-order chi connectivity index (χ0) is 12.7. The van der Waals surface area contributed by atoms with Gasteiger partial charge in [0.05, 0.1) is 0 Å². The maximum absolute atomic E-state index is 11.2. The minimum absolute atomic E-state index is 0.456. The van der Waals surface area contributed by atoms with Crippen molar-refractivity contribution in [2.24, 2.45) is 5.92 Å². The number of nitrogens with one attached hydrogen (secondary N) is 2. The largest absolute Gasteiger partial charge is 0.480 e. The van der Waals surface area contributed by atoms with Gasteiger partial charge in [0.25, 0.3) is 0 Å². The monoisotopic (exact) mass is 244 g/mol. The van der Waals surface area contributed by atoms with Gasteiger partial charge >= 0.3 is 12.0 Å². The number of rotatable bonds is 8. The summed E-state index contributed by atoms with van der Waals surface area (Å²) in [6, 6.07) is -1.33. The summed E-state index contributed by atoms with van der Waals surface area (Å²) < 4.78 is 5.39. The van der Waals surface area contributed by atoms with E-state index in [9.17, 15) is 9.59 Å². The molecule has 0 bridgehead atoms. The quantitative estimate of drug-likeness (QED) is 0.545. The summed E-state index contributed by atoms with van der Waals surface area (Å²) >= 11 is 0. The Hall–Kier alpha value is -1.30. The molecule has 0 heterocycles. The summed E-state index contributed by atoms with van der Waals surface area (Å²) in [5.74, 6) is -0.296. The van der Waals surface area contributed by atoms with E-state index >= 15 is 0 Å². The number of amides is 2. The molecule has 0 aromatic heterocycles. The normalized spacial score (nSPS) is 16.3. The Morgan fingerprint density at radius 3 is 2.76 bits per heavy atom. The van der Waals surface area contributed by atoms with E-state index in [4.69, 9.17) is 9.84 Å². The van der Waals surface area contributed by atoms with Crippen molar-refractivity contribution in [3.05, 3.63) is 0 Å². The highest BCUT2D eigenvalue weighted by Gasteiger charge is 2.20. The number of hydrogen-bond donors (Lipinski definition) is 3. The molecular formula is C11H20N2O4. The zero-order valence-corrected chi connectivity index (χ0v) is 10.1. The molecule has 1 fully saturated rings. The lowest BCUT2D eigenvalue weighted by Gasteiger charge is -2.10. The van der Waals surface area contributed by atoms with Crippen LogP contribution in [-0.2, 0) is 9.53 Å². The highest BCUT2D eigenvalue weighted by molar-refractivity contribution is 5.82. The third-order valence-corrected chi connectivity index (χ3v) is 2.52. The smallest absolute Gasteiger partial charge is 0.325 e. The lowest BCUT2D eigenvalue weighted by atomic mass is 10.3. The van der Waals surface area contributed by atoms with Gasteiger partial charge in [-0.15, -0.1) is 0 Å². The van der Waals surface area contributed by atoms with Crippen LogP contribution < -0.4 is 10.6 Å². The molecule has 17 heavy (non-hydrogen) atoms. The van der Waals surface area contributed by atoms with Crippen LogP contribution in [-0.4, -0.2) is 42.9 Å². The Kier molecular flexibility index (Phi) is 5.76. The van der Waals surface area contributed by atoms with E-state index in [0.717, 1.165) is 18.9 Å². The van der Waals surface area contributed by atoms with Crippen LogP contribution in [0.2, 0.25) is 0 Å². The summed E-state index contributed by atoms with van der Waals surface area (Å²) in [5.41, 5.74) is 0. The molecule has 6 heteroatoms. The maximum atomic E-state index is 11.2. The van der Waals surface area contributed by atoms with Crippen LogP contribution in [0.3, 0.4) is 0 Å². The van der Waals surface area contributed by atoms with Gasteiger partial charge in [-0.2, -0.15) is 0 Å². The van der Waals surface area contributed by atoms with Crippen molar-refractivity contribution in [1.29, 1.82) is 0 Å². The van der Waals surface area contributed by atoms with Gasteiger partial charge < -0.3 is 20.5 Å². The second-order valence-corrected chi connectivity index (χ2v) is 4.33. The van der Waals surface area contributed by atoms with Gasteiger partial charge in [-0.25, -0.2) is 4.79 Å². The van der Waals surface area contributed by atoms with E-state index < -0.39 is 18.0 Å². The Balaban J connectivity index is 1.90. The average molecular weight is 244 g/mol. The average Bonchev–Trinajstić information content (AvgIpc) is 3.06. The molecule has 0 saturated heterocycles. The number of urea groups is 1. The minimum atomic E-state index is -1.05. The molecule has 0 spiro atoms. The van der Waals surface area contributed by atoms with Crippen LogP contribution in [0.25, 0.3) is 0 Å². The Bertz CT molecular complexity index is 266. The molecule has 1 saturated carbocycles.